The van der Waals surface area contributed by atoms with Crippen LogP contribution >= 0.6 is 0 Å². The lowest BCUT2D eigenvalue weighted by Crippen LogP contribution is -2.39. The number of hydrogen-bond donors (Lipinski definition) is 3. The molecule has 0 radical (unpaired) electrons. The van der Waals surface area contributed by atoms with E-state index in [9.17, 15) is 9.59 Å². The molecule has 3 rings (SSSR count). The number of carbonyl (C=O) groups excluding carboxylic acids is 2. The summed E-state index contributed by atoms with van der Waals surface area (Å²) in [5.41, 5.74) is 1.49. The van der Waals surface area contributed by atoms with Crippen molar-refractivity contribution in [2.75, 3.05) is 10.6 Å². The minimum absolute atomic E-state index is 0.0432. The Morgan fingerprint density at radius 2 is 1.68 bits per heavy atom. The molecule has 1 aliphatic carbocycles. The van der Waals surface area contributed by atoms with Gasteiger partial charge in [-0.2, -0.15) is 0 Å². The summed E-state index contributed by atoms with van der Waals surface area (Å²) in [6.07, 6.45) is 5.95. The Hall–Kier alpha value is -1.88. The molecule has 5 nitrogen and oxygen atoms in total. The SMILES string of the molecule is CC(=O)Nc1ccc(NC(=O)C2CC3CCCCC3N2)cc1. The minimum Gasteiger partial charge on any atom is -0.326 e. The lowest BCUT2D eigenvalue weighted by Gasteiger charge is -2.24. The van der Waals surface area contributed by atoms with Crippen molar-refractivity contribution in [2.45, 2.75) is 51.1 Å². The van der Waals surface area contributed by atoms with E-state index >= 15 is 0 Å². The quantitative estimate of drug-likeness (QED) is 0.803. The van der Waals surface area contributed by atoms with E-state index in [1.165, 1.54) is 32.6 Å². The van der Waals surface area contributed by atoms with Gasteiger partial charge in [0.2, 0.25) is 11.8 Å². The van der Waals surface area contributed by atoms with Crippen LogP contribution in [0.2, 0.25) is 0 Å². The highest BCUT2D eigenvalue weighted by atomic mass is 16.2. The molecule has 118 valence electrons. The van der Waals surface area contributed by atoms with Gasteiger partial charge in [0.05, 0.1) is 6.04 Å². The summed E-state index contributed by atoms with van der Waals surface area (Å²) in [5, 5.41) is 9.15. The van der Waals surface area contributed by atoms with Crippen molar-refractivity contribution in [2.24, 2.45) is 5.92 Å². The van der Waals surface area contributed by atoms with Gasteiger partial charge in [-0.3, -0.25) is 9.59 Å². The van der Waals surface area contributed by atoms with Crippen LogP contribution in [-0.2, 0) is 9.59 Å². The molecule has 3 unspecified atom stereocenters. The number of anilines is 2. The van der Waals surface area contributed by atoms with Crippen molar-refractivity contribution >= 4 is 23.2 Å². The highest BCUT2D eigenvalue weighted by Gasteiger charge is 2.38. The molecule has 3 atom stereocenters. The summed E-state index contributed by atoms with van der Waals surface area (Å²) in [6.45, 7) is 1.47. The Bertz CT molecular complexity index is 542. The number of rotatable bonds is 3. The number of fused-ring (bicyclic) bond motifs is 1. The molecule has 1 saturated heterocycles. The lowest BCUT2D eigenvalue weighted by atomic mass is 9.85. The molecule has 2 amide bonds. The molecule has 1 aromatic carbocycles. The summed E-state index contributed by atoms with van der Waals surface area (Å²) in [7, 11) is 0. The normalized spacial score (nSPS) is 27.0. The zero-order valence-electron chi connectivity index (χ0n) is 12.9. The molecular weight excluding hydrogens is 278 g/mol. The summed E-state index contributed by atoms with van der Waals surface area (Å²) in [5.74, 6) is 0.600. The van der Waals surface area contributed by atoms with Gasteiger partial charge in [-0.05, 0) is 49.4 Å². The van der Waals surface area contributed by atoms with Crippen LogP contribution < -0.4 is 16.0 Å². The average Bonchev–Trinajstić information content (AvgIpc) is 2.93. The second kappa shape index (κ2) is 6.48. The Morgan fingerprint density at radius 3 is 2.32 bits per heavy atom. The van der Waals surface area contributed by atoms with Crippen LogP contribution in [0.3, 0.4) is 0 Å². The van der Waals surface area contributed by atoms with Crippen LogP contribution in [0.25, 0.3) is 0 Å². The summed E-state index contributed by atoms with van der Waals surface area (Å²) >= 11 is 0. The van der Waals surface area contributed by atoms with Crippen molar-refractivity contribution < 1.29 is 9.59 Å². The van der Waals surface area contributed by atoms with Gasteiger partial charge in [0.1, 0.15) is 0 Å². The molecule has 3 N–H and O–H groups in total. The molecule has 22 heavy (non-hydrogen) atoms. The van der Waals surface area contributed by atoms with Crippen LogP contribution in [0.5, 0.6) is 0 Å². The molecule has 5 heteroatoms. The number of hydrogen-bond acceptors (Lipinski definition) is 3. The predicted molar refractivity (Wildman–Crippen MR) is 86.7 cm³/mol. The largest absolute Gasteiger partial charge is 0.326 e. The second-order valence-corrected chi connectivity index (χ2v) is 6.35. The van der Waals surface area contributed by atoms with Crippen LogP contribution in [0.15, 0.2) is 24.3 Å². The third kappa shape index (κ3) is 3.47. The maximum Gasteiger partial charge on any atom is 0.241 e. The number of carbonyl (C=O) groups is 2. The molecule has 1 aliphatic heterocycles. The van der Waals surface area contributed by atoms with Gasteiger partial charge in [-0.25, -0.2) is 0 Å². The molecule has 0 spiro atoms. The predicted octanol–water partition coefficient (Wildman–Crippen LogP) is 2.50. The number of benzene rings is 1. The van der Waals surface area contributed by atoms with Gasteiger partial charge in [0.25, 0.3) is 0 Å². The van der Waals surface area contributed by atoms with Gasteiger partial charge >= 0.3 is 0 Å². The van der Waals surface area contributed by atoms with Crippen molar-refractivity contribution in [1.82, 2.24) is 5.32 Å². The fourth-order valence-corrected chi connectivity index (χ4v) is 3.59. The third-order valence-electron chi connectivity index (χ3n) is 4.65. The Kier molecular flexibility index (Phi) is 4.43. The smallest absolute Gasteiger partial charge is 0.241 e. The third-order valence-corrected chi connectivity index (χ3v) is 4.65. The van der Waals surface area contributed by atoms with E-state index in [1.54, 1.807) is 12.1 Å². The molecule has 1 heterocycles. The molecule has 1 aromatic rings. The van der Waals surface area contributed by atoms with Gasteiger partial charge in [0, 0.05) is 24.3 Å². The standard InChI is InChI=1S/C17H23N3O2/c1-11(21)18-13-6-8-14(9-7-13)19-17(22)16-10-12-4-2-3-5-15(12)20-16/h6-9,12,15-16,20H,2-5,10H2,1H3,(H,18,21)(H,19,22). The first kappa shape index (κ1) is 15.0. The van der Waals surface area contributed by atoms with Gasteiger partial charge in [-0.1, -0.05) is 12.8 Å². The summed E-state index contributed by atoms with van der Waals surface area (Å²) < 4.78 is 0. The van der Waals surface area contributed by atoms with E-state index in [-0.39, 0.29) is 17.9 Å². The maximum atomic E-state index is 12.4. The Labute approximate surface area is 130 Å². The Balaban J connectivity index is 1.56. The lowest BCUT2D eigenvalue weighted by molar-refractivity contribution is -0.118. The van der Waals surface area contributed by atoms with E-state index in [2.05, 4.69) is 16.0 Å². The molecule has 2 aliphatic rings. The van der Waals surface area contributed by atoms with Crippen LogP contribution in [0.4, 0.5) is 11.4 Å². The molecule has 1 saturated carbocycles. The van der Waals surface area contributed by atoms with Crippen LogP contribution in [0, 0.1) is 5.92 Å². The first-order valence-corrected chi connectivity index (χ1v) is 8.06. The van der Waals surface area contributed by atoms with Crippen LogP contribution in [0.1, 0.15) is 39.0 Å². The van der Waals surface area contributed by atoms with Crippen molar-refractivity contribution in [3.05, 3.63) is 24.3 Å². The Morgan fingerprint density at radius 1 is 1.05 bits per heavy atom. The highest BCUT2D eigenvalue weighted by molar-refractivity contribution is 5.95. The number of amides is 2. The average molecular weight is 301 g/mol. The highest BCUT2D eigenvalue weighted by Crippen LogP contribution is 2.33. The fraction of sp³-hybridized carbons (Fsp3) is 0.529. The second-order valence-electron chi connectivity index (χ2n) is 6.35. The van der Waals surface area contributed by atoms with E-state index in [1.807, 2.05) is 12.1 Å². The molecule has 2 fully saturated rings. The zero-order chi connectivity index (χ0) is 15.5. The molecule has 0 aromatic heterocycles. The first-order chi connectivity index (χ1) is 10.6. The van der Waals surface area contributed by atoms with E-state index in [4.69, 9.17) is 0 Å². The summed E-state index contributed by atoms with van der Waals surface area (Å²) in [6, 6.07) is 7.64. The maximum absolute atomic E-state index is 12.4. The first-order valence-electron chi connectivity index (χ1n) is 8.06. The summed E-state index contributed by atoms with van der Waals surface area (Å²) in [4.78, 5) is 23.4. The van der Waals surface area contributed by atoms with Gasteiger partial charge < -0.3 is 16.0 Å². The van der Waals surface area contributed by atoms with Crippen molar-refractivity contribution in [3.63, 3.8) is 0 Å². The van der Waals surface area contributed by atoms with Crippen molar-refractivity contribution in [3.8, 4) is 0 Å². The molecular formula is C17H23N3O2. The van der Waals surface area contributed by atoms with E-state index < -0.39 is 0 Å². The van der Waals surface area contributed by atoms with E-state index in [0.717, 1.165) is 17.8 Å². The fourth-order valence-electron chi connectivity index (χ4n) is 3.59. The van der Waals surface area contributed by atoms with Crippen LogP contribution in [-0.4, -0.2) is 23.9 Å². The topological polar surface area (TPSA) is 70.2 Å². The minimum atomic E-state index is -0.102. The van der Waals surface area contributed by atoms with E-state index in [0.29, 0.717) is 12.0 Å². The van der Waals surface area contributed by atoms with Gasteiger partial charge in [-0.15, -0.1) is 0 Å². The molecule has 0 bridgehead atoms. The van der Waals surface area contributed by atoms with Gasteiger partial charge in [0.15, 0.2) is 0 Å². The number of nitrogens with one attached hydrogen (secondary N) is 3. The monoisotopic (exact) mass is 301 g/mol. The van der Waals surface area contributed by atoms with Crippen molar-refractivity contribution in [1.29, 1.82) is 0 Å². The zero-order valence-corrected chi connectivity index (χ0v) is 12.9.